The highest BCUT2D eigenvalue weighted by molar-refractivity contribution is 6.31. The van der Waals surface area contributed by atoms with Gasteiger partial charge in [0.2, 0.25) is 0 Å². The Morgan fingerprint density at radius 3 is 3.20 bits per heavy atom. The third kappa shape index (κ3) is 1.44. The maximum absolute atomic E-state index is 6.01. The van der Waals surface area contributed by atoms with E-state index in [2.05, 4.69) is 16.5 Å². The molecule has 0 aliphatic carbocycles. The average molecular weight is 221 g/mol. The summed E-state index contributed by atoms with van der Waals surface area (Å²) < 4.78 is 2.31. The molecule has 1 aromatic heterocycles. The summed E-state index contributed by atoms with van der Waals surface area (Å²) in [5.41, 5.74) is 2.26. The molecule has 3 rings (SSSR count). The molecular weight excluding hydrogens is 208 g/mol. The Balaban J connectivity index is 2.24. The van der Waals surface area contributed by atoms with Gasteiger partial charge in [-0.25, -0.2) is 4.98 Å². The number of imidazole rings is 1. The second-order valence-corrected chi connectivity index (χ2v) is 4.85. The second-order valence-electron chi connectivity index (χ2n) is 4.41. The lowest BCUT2D eigenvalue weighted by molar-refractivity contribution is 0.415. The number of hydrogen-bond acceptors (Lipinski definition) is 1. The van der Waals surface area contributed by atoms with Crippen molar-refractivity contribution in [2.75, 3.05) is 0 Å². The van der Waals surface area contributed by atoms with Gasteiger partial charge in [-0.3, -0.25) is 0 Å². The van der Waals surface area contributed by atoms with Crippen LogP contribution in [0.15, 0.2) is 18.2 Å². The highest BCUT2D eigenvalue weighted by Gasteiger charge is 2.18. The van der Waals surface area contributed by atoms with E-state index in [1.807, 2.05) is 18.2 Å². The zero-order valence-electron chi connectivity index (χ0n) is 8.70. The largest absolute Gasteiger partial charge is 0.328 e. The minimum absolute atomic E-state index is 0.754. The van der Waals surface area contributed by atoms with Crippen molar-refractivity contribution in [1.29, 1.82) is 0 Å². The van der Waals surface area contributed by atoms with Gasteiger partial charge in [-0.05, 0) is 30.5 Å². The number of fused-ring (bicyclic) bond motifs is 3. The molecule has 0 amide bonds. The summed E-state index contributed by atoms with van der Waals surface area (Å²) in [5.74, 6) is 1.97. The van der Waals surface area contributed by atoms with Gasteiger partial charge in [-0.1, -0.05) is 18.5 Å². The Morgan fingerprint density at radius 1 is 1.47 bits per heavy atom. The fourth-order valence-corrected chi connectivity index (χ4v) is 2.48. The number of benzene rings is 1. The van der Waals surface area contributed by atoms with Crippen LogP contribution in [-0.2, 0) is 13.0 Å². The maximum Gasteiger partial charge on any atom is 0.110 e. The first-order valence-corrected chi connectivity index (χ1v) is 5.76. The highest BCUT2D eigenvalue weighted by Crippen LogP contribution is 2.26. The van der Waals surface area contributed by atoms with E-state index in [1.54, 1.807) is 0 Å². The Kier molecular flexibility index (Phi) is 1.99. The standard InChI is InChI=1S/C12H13ClN2/c1-8-4-5-15-11-7-9(13)2-3-10(11)14-12(15)6-8/h2-3,7-8H,4-6H2,1H3/t8-/m1/s1. The van der Waals surface area contributed by atoms with Crippen LogP contribution in [0.4, 0.5) is 0 Å². The lowest BCUT2D eigenvalue weighted by Gasteiger charge is -2.19. The molecule has 0 unspecified atom stereocenters. The van der Waals surface area contributed by atoms with Gasteiger partial charge >= 0.3 is 0 Å². The Labute approximate surface area is 93.9 Å². The van der Waals surface area contributed by atoms with Crippen LogP contribution in [0.1, 0.15) is 19.2 Å². The molecule has 2 aromatic rings. The van der Waals surface area contributed by atoms with Crippen molar-refractivity contribution in [2.24, 2.45) is 5.92 Å². The quantitative estimate of drug-likeness (QED) is 0.666. The van der Waals surface area contributed by atoms with E-state index in [-0.39, 0.29) is 0 Å². The Hall–Kier alpha value is -1.02. The van der Waals surface area contributed by atoms with Crippen LogP contribution in [0.25, 0.3) is 11.0 Å². The summed E-state index contributed by atoms with van der Waals surface area (Å²) in [7, 11) is 0. The molecule has 1 atom stereocenters. The van der Waals surface area contributed by atoms with E-state index in [0.717, 1.165) is 29.4 Å². The van der Waals surface area contributed by atoms with E-state index in [1.165, 1.54) is 17.8 Å². The van der Waals surface area contributed by atoms with Gasteiger partial charge in [0, 0.05) is 18.0 Å². The van der Waals surface area contributed by atoms with Crippen molar-refractivity contribution in [3.05, 3.63) is 29.0 Å². The van der Waals surface area contributed by atoms with Crippen LogP contribution in [0.5, 0.6) is 0 Å². The summed E-state index contributed by atoms with van der Waals surface area (Å²) >= 11 is 6.01. The molecule has 0 radical (unpaired) electrons. The van der Waals surface area contributed by atoms with Crippen molar-refractivity contribution in [3.63, 3.8) is 0 Å². The van der Waals surface area contributed by atoms with E-state index in [0.29, 0.717) is 0 Å². The molecule has 1 aliphatic rings. The predicted octanol–water partition coefficient (Wildman–Crippen LogP) is 3.27. The molecule has 15 heavy (non-hydrogen) atoms. The smallest absolute Gasteiger partial charge is 0.110 e. The van der Waals surface area contributed by atoms with Crippen molar-refractivity contribution in [3.8, 4) is 0 Å². The molecule has 78 valence electrons. The maximum atomic E-state index is 6.01. The monoisotopic (exact) mass is 220 g/mol. The summed E-state index contributed by atoms with van der Waals surface area (Å²) in [6.07, 6.45) is 2.33. The fourth-order valence-electron chi connectivity index (χ4n) is 2.31. The van der Waals surface area contributed by atoms with E-state index < -0.39 is 0 Å². The molecule has 0 saturated heterocycles. The molecule has 0 bridgehead atoms. The van der Waals surface area contributed by atoms with Crippen LogP contribution in [0.2, 0.25) is 5.02 Å². The van der Waals surface area contributed by atoms with Gasteiger partial charge in [-0.15, -0.1) is 0 Å². The predicted molar refractivity (Wildman–Crippen MR) is 62.2 cm³/mol. The highest BCUT2D eigenvalue weighted by atomic mass is 35.5. The number of hydrogen-bond donors (Lipinski definition) is 0. The lowest BCUT2D eigenvalue weighted by atomic mass is 10.0. The molecule has 1 aliphatic heterocycles. The van der Waals surface area contributed by atoms with Gasteiger partial charge in [0.05, 0.1) is 11.0 Å². The first-order chi connectivity index (χ1) is 7.24. The molecule has 0 saturated carbocycles. The van der Waals surface area contributed by atoms with Gasteiger partial charge in [-0.2, -0.15) is 0 Å². The third-order valence-electron chi connectivity index (χ3n) is 3.17. The van der Waals surface area contributed by atoms with Crippen LogP contribution in [0.3, 0.4) is 0 Å². The Bertz CT molecular complexity index is 516. The SMILES string of the molecule is C[C@@H]1CCn2c(nc3ccc(Cl)cc32)C1. The minimum atomic E-state index is 0.754. The van der Waals surface area contributed by atoms with Crippen molar-refractivity contribution < 1.29 is 0 Å². The number of halogens is 1. The zero-order chi connectivity index (χ0) is 10.4. The zero-order valence-corrected chi connectivity index (χ0v) is 9.46. The van der Waals surface area contributed by atoms with E-state index >= 15 is 0 Å². The summed E-state index contributed by atoms with van der Waals surface area (Å²) in [5, 5.41) is 0.795. The summed E-state index contributed by atoms with van der Waals surface area (Å²) in [6.45, 7) is 3.36. The normalized spacial score (nSPS) is 20.5. The molecular formula is C12H13ClN2. The molecule has 0 fully saturated rings. The van der Waals surface area contributed by atoms with Crippen LogP contribution in [0, 0.1) is 5.92 Å². The van der Waals surface area contributed by atoms with Crippen molar-refractivity contribution in [1.82, 2.24) is 9.55 Å². The van der Waals surface area contributed by atoms with E-state index in [4.69, 9.17) is 11.6 Å². The molecule has 2 heterocycles. The van der Waals surface area contributed by atoms with Crippen LogP contribution in [-0.4, -0.2) is 9.55 Å². The topological polar surface area (TPSA) is 17.8 Å². The Morgan fingerprint density at radius 2 is 2.33 bits per heavy atom. The van der Waals surface area contributed by atoms with Gasteiger partial charge < -0.3 is 4.57 Å². The van der Waals surface area contributed by atoms with Gasteiger partial charge in [0.15, 0.2) is 0 Å². The van der Waals surface area contributed by atoms with Crippen LogP contribution < -0.4 is 0 Å². The second kappa shape index (κ2) is 3.24. The molecule has 0 N–H and O–H groups in total. The average Bonchev–Trinajstić information content (AvgIpc) is 2.54. The number of aryl methyl sites for hydroxylation is 1. The van der Waals surface area contributed by atoms with Gasteiger partial charge in [0.25, 0.3) is 0 Å². The molecule has 2 nitrogen and oxygen atoms in total. The first kappa shape index (κ1) is 9.22. The number of rotatable bonds is 0. The summed E-state index contributed by atoms with van der Waals surface area (Å²) in [4.78, 5) is 4.65. The van der Waals surface area contributed by atoms with Gasteiger partial charge in [0.1, 0.15) is 5.82 Å². The molecule has 1 aromatic carbocycles. The van der Waals surface area contributed by atoms with Crippen molar-refractivity contribution in [2.45, 2.75) is 26.3 Å². The third-order valence-corrected chi connectivity index (χ3v) is 3.40. The van der Waals surface area contributed by atoms with Crippen molar-refractivity contribution >= 4 is 22.6 Å². The number of aromatic nitrogens is 2. The molecule has 3 heteroatoms. The first-order valence-electron chi connectivity index (χ1n) is 5.39. The minimum Gasteiger partial charge on any atom is -0.328 e. The van der Waals surface area contributed by atoms with E-state index in [9.17, 15) is 0 Å². The fraction of sp³-hybridized carbons (Fsp3) is 0.417. The number of nitrogens with zero attached hydrogens (tertiary/aromatic N) is 2. The summed E-state index contributed by atoms with van der Waals surface area (Å²) in [6, 6.07) is 5.93. The van der Waals surface area contributed by atoms with Crippen LogP contribution >= 0.6 is 11.6 Å². The lowest BCUT2D eigenvalue weighted by Crippen LogP contribution is -2.17. The molecule has 0 spiro atoms.